The minimum atomic E-state index is -0.716. The van der Waals surface area contributed by atoms with Crippen LogP contribution in [0, 0.1) is 10.1 Å². The first-order valence-electron chi connectivity index (χ1n) is 4.66. The molecule has 6 heteroatoms. The lowest BCUT2D eigenvalue weighted by atomic mass is 9.98. The minimum Gasteiger partial charge on any atom is -0.396 e. The molecule has 0 aliphatic heterocycles. The maximum absolute atomic E-state index is 10.9. The number of benzene rings is 1. The van der Waals surface area contributed by atoms with Crippen molar-refractivity contribution in [2.75, 3.05) is 6.61 Å². The van der Waals surface area contributed by atoms with E-state index < -0.39 is 10.8 Å². The Morgan fingerprint density at radius 1 is 1.62 bits per heavy atom. The zero-order valence-corrected chi connectivity index (χ0v) is 8.71. The number of amides is 1. The molecule has 0 bridgehead atoms. The molecule has 0 fully saturated rings. The molecule has 0 saturated heterocycles. The second kappa shape index (κ2) is 4.71. The molecular weight excluding hydrogens is 212 g/mol. The predicted octanol–water partition coefficient (Wildman–Crippen LogP) is 0.790. The monoisotopic (exact) mass is 224 g/mol. The highest BCUT2D eigenvalue weighted by Gasteiger charge is 2.20. The average molecular weight is 224 g/mol. The Morgan fingerprint density at radius 3 is 2.69 bits per heavy atom. The van der Waals surface area contributed by atoms with Crippen LogP contribution >= 0.6 is 0 Å². The van der Waals surface area contributed by atoms with E-state index in [0.717, 1.165) is 6.07 Å². The standard InChI is InChI=1S/C10H12N2O4/c1-6(5-13)8-3-2-7(10(11)14)4-9(8)12(15)16/h2-4,6,13H,5H2,1H3,(H2,11,14). The SMILES string of the molecule is CC(CO)c1ccc(C(N)=O)cc1[N+](=O)[O-]. The van der Waals surface area contributed by atoms with Crippen molar-refractivity contribution in [1.82, 2.24) is 0 Å². The fourth-order valence-electron chi connectivity index (χ4n) is 1.37. The molecule has 0 heterocycles. The molecule has 1 amide bonds. The van der Waals surface area contributed by atoms with Crippen molar-refractivity contribution in [1.29, 1.82) is 0 Å². The molecule has 1 rings (SSSR count). The summed E-state index contributed by atoms with van der Waals surface area (Å²) in [5.41, 5.74) is 5.30. The highest BCUT2D eigenvalue weighted by atomic mass is 16.6. The maximum Gasteiger partial charge on any atom is 0.273 e. The van der Waals surface area contributed by atoms with Crippen molar-refractivity contribution in [3.8, 4) is 0 Å². The van der Waals surface area contributed by atoms with Crippen molar-refractivity contribution in [3.63, 3.8) is 0 Å². The minimum absolute atomic E-state index is 0.0839. The third-order valence-corrected chi connectivity index (χ3v) is 2.32. The van der Waals surface area contributed by atoms with Gasteiger partial charge in [0.15, 0.2) is 0 Å². The number of aliphatic hydroxyl groups is 1. The normalized spacial score (nSPS) is 12.1. The van der Waals surface area contributed by atoms with Crippen LogP contribution < -0.4 is 5.73 Å². The zero-order chi connectivity index (χ0) is 12.3. The van der Waals surface area contributed by atoms with Gasteiger partial charge in [-0.1, -0.05) is 13.0 Å². The zero-order valence-electron chi connectivity index (χ0n) is 8.71. The largest absolute Gasteiger partial charge is 0.396 e. The van der Waals surface area contributed by atoms with Gasteiger partial charge < -0.3 is 10.8 Å². The fraction of sp³-hybridized carbons (Fsp3) is 0.300. The molecule has 1 aromatic rings. The van der Waals surface area contributed by atoms with Crippen molar-refractivity contribution in [3.05, 3.63) is 39.4 Å². The lowest BCUT2D eigenvalue weighted by Crippen LogP contribution is -2.12. The second-order valence-electron chi connectivity index (χ2n) is 3.48. The summed E-state index contributed by atoms with van der Waals surface area (Å²) in [6, 6.07) is 3.99. The van der Waals surface area contributed by atoms with E-state index in [2.05, 4.69) is 0 Å². The van der Waals surface area contributed by atoms with Crippen LogP contribution in [0.5, 0.6) is 0 Å². The second-order valence-corrected chi connectivity index (χ2v) is 3.48. The lowest BCUT2D eigenvalue weighted by molar-refractivity contribution is -0.385. The van der Waals surface area contributed by atoms with Crippen LogP contribution in [0.4, 0.5) is 5.69 Å². The van der Waals surface area contributed by atoms with E-state index in [9.17, 15) is 14.9 Å². The van der Waals surface area contributed by atoms with Crippen LogP contribution in [0.15, 0.2) is 18.2 Å². The van der Waals surface area contributed by atoms with Crippen molar-refractivity contribution < 1.29 is 14.8 Å². The Balaban J connectivity index is 3.30. The summed E-state index contributed by atoms with van der Waals surface area (Å²) in [4.78, 5) is 21.1. The molecule has 86 valence electrons. The Morgan fingerprint density at radius 2 is 2.25 bits per heavy atom. The number of nitrogens with two attached hydrogens (primary N) is 1. The van der Waals surface area contributed by atoms with Gasteiger partial charge in [0.2, 0.25) is 5.91 Å². The molecule has 16 heavy (non-hydrogen) atoms. The van der Waals surface area contributed by atoms with Gasteiger partial charge in [-0.05, 0) is 6.07 Å². The van der Waals surface area contributed by atoms with E-state index in [1.54, 1.807) is 6.92 Å². The molecule has 6 nitrogen and oxygen atoms in total. The molecule has 0 saturated carbocycles. The molecule has 0 aliphatic carbocycles. The van der Waals surface area contributed by atoms with Gasteiger partial charge in [-0.15, -0.1) is 0 Å². The first kappa shape index (κ1) is 12.1. The summed E-state index contributed by atoms with van der Waals surface area (Å²) in [6.07, 6.45) is 0. The third-order valence-electron chi connectivity index (χ3n) is 2.32. The molecule has 1 unspecified atom stereocenters. The Hall–Kier alpha value is -1.95. The highest BCUT2D eigenvalue weighted by molar-refractivity contribution is 5.93. The molecular formula is C10H12N2O4. The predicted molar refractivity (Wildman–Crippen MR) is 57.1 cm³/mol. The number of nitro benzene ring substituents is 1. The van der Waals surface area contributed by atoms with Gasteiger partial charge in [-0.3, -0.25) is 14.9 Å². The average Bonchev–Trinajstić information content (AvgIpc) is 2.26. The van der Waals surface area contributed by atoms with Gasteiger partial charge in [0.05, 0.1) is 4.92 Å². The number of nitrogens with zero attached hydrogens (tertiary/aromatic N) is 1. The molecule has 3 N–H and O–H groups in total. The summed E-state index contributed by atoms with van der Waals surface area (Å²) in [7, 11) is 0. The molecule has 0 spiro atoms. The number of hydrogen-bond donors (Lipinski definition) is 2. The number of primary amides is 1. The van der Waals surface area contributed by atoms with Crippen LogP contribution in [0.3, 0.4) is 0 Å². The number of hydrogen-bond acceptors (Lipinski definition) is 4. The van der Waals surface area contributed by atoms with E-state index in [0.29, 0.717) is 5.56 Å². The molecule has 1 atom stereocenters. The van der Waals surface area contributed by atoms with Gasteiger partial charge in [0.1, 0.15) is 0 Å². The Bertz CT molecular complexity index is 431. The van der Waals surface area contributed by atoms with Crippen LogP contribution in [0.1, 0.15) is 28.8 Å². The number of nitro groups is 1. The topological polar surface area (TPSA) is 106 Å². The maximum atomic E-state index is 10.9. The fourth-order valence-corrected chi connectivity index (χ4v) is 1.37. The van der Waals surface area contributed by atoms with Crippen LogP contribution in [0.25, 0.3) is 0 Å². The van der Waals surface area contributed by atoms with E-state index in [4.69, 9.17) is 10.8 Å². The van der Waals surface area contributed by atoms with Gasteiger partial charge in [0.25, 0.3) is 5.69 Å². The van der Waals surface area contributed by atoms with Gasteiger partial charge in [0, 0.05) is 29.7 Å². The van der Waals surface area contributed by atoms with Crippen molar-refractivity contribution >= 4 is 11.6 Å². The van der Waals surface area contributed by atoms with Crippen LogP contribution in [-0.2, 0) is 0 Å². The Labute approximate surface area is 91.8 Å². The first-order valence-corrected chi connectivity index (χ1v) is 4.66. The summed E-state index contributed by atoms with van der Waals surface area (Å²) in [5, 5.41) is 19.7. The molecule has 0 aromatic heterocycles. The summed E-state index contributed by atoms with van der Waals surface area (Å²) in [6.45, 7) is 1.46. The third kappa shape index (κ3) is 2.34. The van der Waals surface area contributed by atoms with E-state index in [1.165, 1.54) is 12.1 Å². The van der Waals surface area contributed by atoms with E-state index in [-0.39, 0.29) is 23.8 Å². The first-order chi connectivity index (χ1) is 7.47. The van der Waals surface area contributed by atoms with E-state index in [1.807, 2.05) is 0 Å². The lowest BCUT2D eigenvalue weighted by Gasteiger charge is -2.09. The van der Waals surface area contributed by atoms with E-state index >= 15 is 0 Å². The van der Waals surface area contributed by atoms with Crippen molar-refractivity contribution in [2.24, 2.45) is 5.73 Å². The summed E-state index contributed by atoms with van der Waals surface area (Å²) in [5.74, 6) is -1.08. The number of carbonyl (C=O) groups is 1. The number of rotatable bonds is 4. The molecule has 0 radical (unpaired) electrons. The quantitative estimate of drug-likeness (QED) is 0.582. The number of aliphatic hydroxyl groups excluding tert-OH is 1. The Kier molecular flexibility index (Phi) is 3.57. The van der Waals surface area contributed by atoms with Gasteiger partial charge in [-0.25, -0.2) is 0 Å². The smallest absolute Gasteiger partial charge is 0.273 e. The summed E-state index contributed by atoms with van der Waals surface area (Å²) < 4.78 is 0. The van der Waals surface area contributed by atoms with Crippen molar-refractivity contribution in [2.45, 2.75) is 12.8 Å². The molecule has 1 aromatic carbocycles. The highest BCUT2D eigenvalue weighted by Crippen LogP contribution is 2.27. The van der Waals surface area contributed by atoms with Crippen LogP contribution in [-0.4, -0.2) is 22.5 Å². The van der Waals surface area contributed by atoms with Gasteiger partial charge in [-0.2, -0.15) is 0 Å². The molecule has 0 aliphatic rings. The summed E-state index contributed by atoms with van der Waals surface area (Å²) >= 11 is 0. The van der Waals surface area contributed by atoms with Crippen LogP contribution in [0.2, 0.25) is 0 Å². The number of carbonyl (C=O) groups excluding carboxylic acids is 1. The van der Waals surface area contributed by atoms with Gasteiger partial charge >= 0.3 is 0 Å².